The number of amides is 2. The Labute approximate surface area is 195 Å². The fourth-order valence-corrected chi connectivity index (χ4v) is 3.66. The number of halogens is 2. The molecule has 1 aliphatic rings. The van der Waals surface area contributed by atoms with Crippen molar-refractivity contribution in [2.45, 2.75) is 6.54 Å². The lowest BCUT2D eigenvalue weighted by molar-refractivity contribution is -0.137. The first-order valence-corrected chi connectivity index (χ1v) is 10.4. The number of carbonyl (C=O) groups is 2. The van der Waals surface area contributed by atoms with E-state index >= 15 is 0 Å². The summed E-state index contributed by atoms with van der Waals surface area (Å²) in [5.41, 5.74) is 1.80. The number of hydrogen-bond donors (Lipinski definition) is 1. The molecule has 0 saturated heterocycles. The third kappa shape index (κ3) is 4.54. The van der Waals surface area contributed by atoms with Gasteiger partial charge in [0.15, 0.2) is 0 Å². The highest BCUT2D eigenvalue weighted by Crippen LogP contribution is 2.35. The van der Waals surface area contributed by atoms with Crippen molar-refractivity contribution in [3.63, 3.8) is 0 Å². The Bertz CT molecular complexity index is 1240. The number of hydrogen-bond acceptors (Lipinski definition) is 5. The van der Waals surface area contributed by atoms with E-state index < -0.39 is 17.6 Å². The average Bonchev–Trinajstić information content (AvgIpc) is 3.05. The highest BCUT2D eigenvalue weighted by molar-refractivity contribution is 6.36. The predicted octanol–water partition coefficient (Wildman–Crippen LogP) is 4.89. The van der Waals surface area contributed by atoms with Crippen molar-refractivity contribution in [1.82, 2.24) is 4.90 Å². The van der Waals surface area contributed by atoms with Crippen LogP contribution < -0.4 is 14.8 Å². The molecule has 0 radical (unpaired) electrons. The molecule has 0 aromatic heterocycles. The molecule has 0 aliphatic carbocycles. The van der Waals surface area contributed by atoms with Gasteiger partial charge in [-0.25, -0.2) is 4.39 Å². The summed E-state index contributed by atoms with van der Waals surface area (Å²) >= 11 is 5.95. The Kier molecular flexibility index (Phi) is 6.33. The molecular formula is C25H20ClFN2O4. The van der Waals surface area contributed by atoms with Gasteiger partial charge in [-0.1, -0.05) is 35.9 Å². The second kappa shape index (κ2) is 9.34. The summed E-state index contributed by atoms with van der Waals surface area (Å²) in [5.74, 6) is -0.460. The van der Waals surface area contributed by atoms with Gasteiger partial charge in [0, 0.05) is 11.1 Å². The number of imide groups is 1. The lowest BCUT2D eigenvalue weighted by Gasteiger charge is -2.16. The van der Waals surface area contributed by atoms with Gasteiger partial charge in [0.1, 0.15) is 23.0 Å². The molecule has 3 aromatic rings. The maximum absolute atomic E-state index is 13.5. The zero-order chi connectivity index (χ0) is 23.5. The number of nitrogens with one attached hydrogen (secondary N) is 1. The Balaban J connectivity index is 1.77. The summed E-state index contributed by atoms with van der Waals surface area (Å²) < 4.78 is 24.2. The summed E-state index contributed by atoms with van der Waals surface area (Å²) in [4.78, 5) is 27.9. The topological polar surface area (TPSA) is 67.9 Å². The molecule has 0 saturated carbocycles. The van der Waals surface area contributed by atoms with E-state index in [1.165, 1.54) is 38.5 Å². The largest absolute Gasteiger partial charge is 0.497 e. The zero-order valence-electron chi connectivity index (χ0n) is 17.9. The number of benzene rings is 3. The van der Waals surface area contributed by atoms with Crippen LogP contribution in [-0.4, -0.2) is 30.9 Å². The van der Waals surface area contributed by atoms with E-state index in [1.54, 1.807) is 42.5 Å². The molecule has 6 nitrogen and oxygen atoms in total. The highest BCUT2D eigenvalue weighted by atomic mass is 35.5. The van der Waals surface area contributed by atoms with Gasteiger partial charge in [-0.3, -0.25) is 14.5 Å². The second-order valence-electron chi connectivity index (χ2n) is 7.27. The van der Waals surface area contributed by atoms with Crippen molar-refractivity contribution in [3.05, 3.63) is 94.4 Å². The van der Waals surface area contributed by atoms with Gasteiger partial charge in [0.05, 0.1) is 32.0 Å². The summed E-state index contributed by atoms with van der Waals surface area (Å²) in [6.07, 6.45) is 0. The van der Waals surface area contributed by atoms with E-state index in [0.717, 1.165) is 10.5 Å². The quantitative estimate of drug-likeness (QED) is 0.502. The fraction of sp³-hybridized carbons (Fsp3) is 0.120. The number of methoxy groups -OCH3 is 2. The van der Waals surface area contributed by atoms with Crippen LogP contribution in [0.2, 0.25) is 5.02 Å². The molecule has 2 amide bonds. The second-order valence-corrected chi connectivity index (χ2v) is 7.71. The van der Waals surface area contributed by atoms with Gasteiger partial charge >= 0.3 is 0 Å². The third-order valence-electron chi connectivity index (χ3n) is 5.22. The normalized spacial score (nSPS) is 13.5. The first kappa shape index (κ1) is 22.4. The SMILES string of the molecule is COc1ccc(OC)c(NC2=C(c3ccc(F)cc3)C(=O)N(Cc3ccc(Cl)cc3)C2=O)c1. The Morgan fingerprint density at radius 3 is 2.24 bits per heavy atom. The molecule has 0 spiro atoms. The van der Waals surface area contributed by atoms with Gasteiger partial charge in [-0.05, 0) is 47.5 Å². The van der Waals surface area contributed by atoms with Crippen LogP contribution in [0.4, 0.5) is 10.1 Å². The Morgan fingerprint density at radius 2 is 1.61 bits per heavy atom. The van der Waals surface area contributed by atoms with Crippen molar-refractivity contribution in [1.29, 1.82) is 0 Å². The Hall–Kier alpha value is -3.84. The van der Waals surface area contributed by atoms with E-state index in [2.05, 4.69) is 5.32 Å². The first-order chi connectivity index (χ1) is 15.9. The maximum Gasteiger partial charge on any atom is 0.278 e. The molecule has 3 aromatic carbocycles. The summed E-state index contributed by atoms with van der Waals surface area (Å²) in [6.45, 7) is 0.0555. The third-order valence-corrected chi connectivity index (χ3v) is 5.47. The van der Waals surface area contributed by atoms with E-state index in [9.17, 15) is 14.0 Å². The molecule has 1 heterocycles. The van der Waals surface area contributed by atoms with E-state index in [-0.39, 0.29) is 17.8 Å². The first-order valence-electron chi connectivity index (χ1n) is 10.0. The van der Waals surface area contributed by atoms with Crippen molar-refractivity contribution < 1.29 is 23.5 Å². The van der Waals surface area contributed by atoms with Crippen molar-refractivity contribution >= 4 is 34.7 Å². The lowest BCUT2D eigenvalue weighted by Crippen LogP contribution is -2.32. The van der Waals surface area contributed by atoms with Crippen molar-refractivity contribution in [2.75, 3.05) is 19.5 Å². The number of carbonyl (C=O) groups excluding carboxylic acids is 2. The number of nitrogens with zero attached hydrogens (tertiary/aromatic N) is 1. The number of anilines is 1. The number of ether oxygens (including phenoxy) is 2. The average molecular weight is 467 g/mol. The molecule has 33 heavy (non-hydrogen) atoms. The zero-order valence-corrected chi connectivity index (χ0v) is 18.7. The van der Waals surface area contributed by atoms with Crippen molar-refractivity contribution in [2.24, 2.45) is 0 Å². The predicted molar refractivity (Wildman–Crippen MR) is 123 cm³/mol. The summed E-state index contributed by atoms with van der Waals surface area (Å²) in [7, 11) is 3.02. The molecule has 168 valence electrons. The smallest absolute Gasteiger partial charge is 0.278 e. The van der Waals surface area contributed by atoms with Crippen LogP contribution in [-0.2, 0) is 16.1 Å². The van der Waals surface area contributed by atoms with Crippen LogP contribution >= 0.6 is 11.6 Å². The molecule has 4 rings (SSSR count). The fourth-order valence-electron chi connectivity index (χ4n) is 3.54. The van der Waals surface area contributed by atoms with Gasteiger partial charge in [0.25, 0.3) is 11.8 Å². The van der Waals surface area contributed by atoms with Gasteiger partial charge in [-0.2, -0.15) is 0 Å². The molecule has 1 aliphatic heterocycles. The van der Waals surface area contributed by atoms with Crippen LogP contribution in [0.15, 0.2) is 72.4 Å². The minimum absolute atomic E-state index is 0.0555. The standard InChI is InChI=1S/C25H20ClFN2O4/c1-32-19-11-12-21(33-2)20(13-19)28-23-22(16-5-9-18(27)10-6-16)24(30)29(25(23)31)14-15-3-7-17(26)8-4-15/h3-13,28H,14H2,1-2H3. The summed E-state index contributed by atoms with van der Waals surface area (Å²) in [5, 5.41) is 3.60. The van der Waals surface area contributed by atoms with Gasteiger partial charge < -0.3 is 14.8 Å². The van der Waals surface area contributed by atoms with Crippen LogP contribution in [0.5, 0.6) is 11.5 Å². The minimum Gasteiger partial charge on any atom is -0.497 e. The van der Waals surface area contributed by atoms with E-state index in [0.29, 0.717) is 27.8 Å². The monoisotopic (exact) mass is 466 g/mol. The molecule has 0 bridgehead atoms. The highest BCUT2D eigenvalue weighted by Gasteiger charge is 2.39. The van der Waals surface area contributed by atoms with Crippen LogP contribution in [0.25, 0.3) is 5.57 Å². The molecular weight excluding hydrogens is 447 g/mol. The van der Waals surface area contributed by atoms with E-state index in [1.807, 2.05) is 0 Å². The molecule has 8 heteroatoms. The molecule has 0 unspecified atom stereocenters. The maximum atomic E-state index is 13.5. The molecule has 1 N–H and O–H groups in total. The van der Waals surface area contributed by atoms with Gasteiger partial charge in [-0.15, -0.1) is 0 Å². The number of rotatable bonds is 7. The lowest BCUT2D eigenvalue weighted by atomic mass is 10.0. The Morgan fingerprint density at radius 1 is 0.909 bits per heavy atom. The molecule has 0 atom stereocenters. The summed E-state index contributed by atoms with van der Waals surface area (Å²) in [6, 6.07) is 17.4. The van der Waals surface area contributed by atoms with Crippen LogP contribution in [0, 0.1) is 5.82 Å². The minimum atomic E-state index is -0.515. The van der Waals surface area contributed by atoms with Crippen LogP contribution in [0.1, 0.15) is 11.1 Å². The molecule has 0 fully saturated rings. The van der Waals surface area contributed by atoms with Crippen molar-refractivity contribution in [3.8, 4) is 11.5 Å². The van der Waals surface area contributed by atoms with Gasteiger partial charge in [0.2, 0.25) is 0 Å². The van der Waals surface area contributed by atoms with E-state index in [4.69, 9.17) is 21.1 Å². The van der Waals surface area contributed by atoms with Crippen LogP contribution in [0.3, 0.4) is 0 Å².